The molecule has 0 saturated carbocycles. The van der Waals surface area contributed by atoms with Gasteiger partial charge < -0.3 is 42.8 Å². The summed E-state index contributed by atoms with van der Waals surface area (Å²) in [6.45, 7) is 22.4. The molecule has 356 valence electrons. The molecule has 59 heavy (non-hydrogen) atoms. The Morgan fingerprint density at radius 2 is 0.763 bits per heavy atom. The predicted octanol–water partition coefficient (Wildman–Crippen LogP) is 11.7. The highest BCUT2D eigenvalue weighted by Gasteiger charge is 2.20. The van der Waals surface area contributed by atoms with Crippen molar-refractivity contribution in [3.63, 3.8) is 0 Å². The van der Waals surface area contributed by atoms with E-state index in [1.807, 2.05) is 0 Å². The van der Waals surface area contributed by atoms with Gasteiger partial charge in [0, 0.05) is 13.2 Å². The summed E-state index contributed by atoms with van der Waals surface area (Å²) in [6.07, 6.45) is 22.5. The monoisotopic (exact) mass is 885 g/mol. The first kappa shape index (κ1) is 59.1. The first-order chi connectivity index (χ1) is 27.7. The van der Waals surface area contributed by atoms with Crippen molar-refractivity contribution in [2.24, 2.45) is 47.3 Å². The number of ether oxygens (including phenoxy) is 2. The van der Waals surface area contributed by atoms with Gasteiger partial charge in [-0.25, -0.2) is 0 Å². The van der Waals surface area contributed by atoms with Crippen molar-refractivity contribution in [1.29, 1.82) is 0 Å². The Bertz CT molecular complexity index is 1060. The molecule has 0 radical (unpaired) electrons. The highest BCUT2D eigenvalue weighted by atomic mass is 31.2. The molecule has 0 heterocycles. The topological polar surface area (TPSA) is 167 Å². The average Bonchev–Trinajstić information content (AvgIpc) is 3.13. The van der Waals surface area contributed by atoms with Crippen LogP contribution in [0, 0.1) is 47.3 Å². The minimum atomic E-state index is -5.07. The molecule has 0 aliphatic heterocycles. The quantitative estimate of drug-likeness (QED) is 0.0442. The maximum absolute atomic E-state index is 12.4. The Morgan fingerprint density at radius 3 is 1.14 bits per heavy atom. The summed E-state index contributed by atoms with van der Waals surface area (Å²) in [5.74, 6) is 5.66. The lowest BCUT2D eigenvalue weighted by Crippen LogP contribution is -2.29. The molecule has 0 aliphatic carbocycles. The van der Waals surface area contributed by atoms with E-state index < -0.39 is 41.1 Å². The van der Waals surface area contributed by atoms with E-state index in [1.54, 1.807) is 0 Å². The fraction of sp³-hybridized carbons (Fsp3) is 1.00. The summed E-state index contributed by atoms with van der Waals surface area (Å²) in [5.41, 5.74) is 0. The lowest BCUT2D eigenvalue weighted by Gasteiger charge is -2.27. The Balaban J connectivity index is 4.69. The van der Waals surface area contributed by atoms with Gasteiger partial charge in [0.05, 0.1) is 26.4 Å². The van der Waals surface area contributed by atoms with Gasteiger partial charge in [-0.15, -0.1) is 0 Å². The van der Waals surface area contributed by atoms with Gasteiger partial charge in [-0.1, -0.05) is 185 Å². The smallest absolute Gasteiger partial charge is 0.268 e. The second-order valence-electron chi connectivity index (χ2n) is 19.6. The molecule has 13 heteroatoms. The van der Waals surface area contributed by atoms with Crippen molar-refractivity contribution >= 4 is 15.6 Å². The largest absolute Gasteiger partial charge is 0.756 e. The van der Waals surface area contributed by atoms with E-state index in [4.69, 9.17) is 23.4 Å². The summed E-state index contributed by atoms with van der Waals surface area (Å²) in [5, 5.41) is 9.79. The zero-order valence-electron chi connectivity index (χ0n) is 39.6. The first-order valence-electron chi connectivity index (χ1n) is 23.8. The molecule has 0 aliphatic rings. The van der Waals surface area contributed by atoms with Crippen LogP contribution in [-0.2, 0) is 32.2 Å². The SMILES string of the molecule is CC(C)CCC[C@@H](C)CCC[C@@H](C)CCC[C@@H](C)CCOC[C@@H](COP(=O)([O-])OC[C@@H](O)COP(=O)([O-])O)OCC[C@@H](C)CCC[C@@H](C)CCC[C@@H](C)CCCC(C)C. The molecule has 2 N–H and O–H groups in total. The normalized spacial score (nSPS) is 18.6. The second kappa shape index (κ2) is 35.4. The first-order valence-corrected chi connectivity index (χ1v) is 26.8. The van der Waals surface area contributed by atoms with Gasteiger partial charge in [0.2, 0.25) is 0 Å². The average molecular weight is 885 g/mol. The van der Waals surface area contributed by atoms with E-state index >= 15 is 0 Å². The van der Waals surface area contributed by atoms with Gasteiger partial charge in [0.15, 0.2) is 0 Å². The number of rotatable bonds is 42. The zero-order chi connectivity index (χ0) is 44.7. The van der Waals surface area contributed by atoms with Crippen molar-refractivity contribution in [3.8, 4) is 0 Å². The standard InChI is InChI=1S/C46H96O11P2/c1-37(2)17-11-19-39(5)21-13-23-41(7)25-15-27-43(9)29-31-53-35-46(36-57-59(51,52)56-34-45(47)33-55-58(48,49)50)54-32-30-44(10)28-16-26-42(8)24-14-22-40(6)20-12-18-38(3)4/h37-47H,11-36H2,1-10H3,(H,51,52)(H2,48,49,50)/p-2/t39-,40+,41-,42+,43-,44+,45+,46+/m1/s1. The second-order valence-corrected chi connectivity index (χ2v) is 22.2. The third-order valence-corrected chi connectivity index (χ3v) is 13.2. The molecule has 0 saturated heterocycles. The van der Waals surface area contributed by atoms with E-state index in [9.17, 15) is 24.0 Å². The van der Waals surface area contributed by atoms with E-state index in [0.29, 0.717) is 25.0 Å². The maximum atomic E-state index is 12.4. The van der Waals surface area contributed by atoms with Crippen molar-refractivity contribution in [1.82, 2.24) is 0 Å². The van der Waals surface area contributed by atoms with E-state index in [2.05, 4.69) is 73.8 Å². The summed E-state index contributed by atoms with van der Waals surface area (Å²) in [6, 6.07) is 0. The van der Waals surface area contributed by atoms with Crippen LogP contribution in [0.2, 0.25) is 0 Å². The highest BCUT2D eigenvalue weighted by molar-refractivity contribution is 7.45. The number of hydrogen-bond acceptors (Lipinski definition) is 10. The van der Waals surface area contributed by atoms with Crippen molar-refractivity contribution in [3.05, 3.63) is 0 Å². The van der Waals surface area contributed by atoms with Crippen LogP contribution in [-0.4, -0.2) is 61.8 Å². The van der Waals surface area contributed by atoms with E-state index in [0.717, 1.165) is 61.2 Å². The Labute approximate surface area is 363 Å². The molecule has 0 aromatic carbocycles. The molecule has 0 aromatic heterocycles. The van der Waals surface area contributed by atoms with Crippen LogP contribution in [0.4, 0.5) is 0 Å². The van der Waals surface area contributed by atoms with Gasteiger partial charge in [-0.05, 0) is 60.2 Å². The van der Waals surface area contributed by atoms with Gasteiger partial charge in [-0.3, -0.25) is 9.13 Å². The van der Waals surface area contributed by atoms with Crippen molar-refractivity contribution in [2.45, 2.75) is 210 Å². The molecule has 2 unspecified atom stereocenters. The summed E-state index contributed by atoms with van der Waals surface area (Å²) in [4.78, 5) is 31.9. The molecule has 0 amide bonds. The van der Waals surface area contributed by atoms with Gasteiger partial charge in [0.25, 0.3) is 15.6 Å². The molecule has 0 bridgehead atoms. The van der Waals surface area contributed by atoms with Crippen LogP contribution in [0.5, 0.6) is 0 Å². The zero-order valence-corrected chi connectivity index (χ0v) is 41.4. The van der Waals surface area contributed by atoms with Crippen LogP contribution >= 0.6 is 15.6 Å². The van der Waals surface area contributed by atoms with Crippen LogP contribution < -0.4 is 9.79 Å². The molecule has 0 rings (SSSR count). The van der Waals surface area contributed by atoms with Crippen LogP contribution in [0.15, 0.2) is 0 Å². The highest BCUT2D eigenvalue weighted by Crippen LogP contribution is 2.39. The Kier molecular flexibility index (Phi) is 35.5. The third kappa shape index (κ3) is 40.6. The predicted molar refractivity (Wildman–Crippen MR) is 239 cm³/mol. The molecule has 10 atom stereocenters. The number of phosphoric ester groups is 2. The van der Waals surface area contributed by atoms with Gasteiger partial charge in [-0.2, -0.15) is 0 Å². The fourth-order valence-electron chi connectivity index (χ4n) is 7.57. The van der Waals surface area contributed by atoms with Gasteiger partial charge >= 0.3 is 0 Å². The molecule has 0 spiro atoms. The number of aliphatic hydroxyl groups excluding tert-OH is 1. The third-order valence-electron chi connectivity index (χ3n) is 11.8. The van der Waals surface area contributed by atoms with E-state index in [-0.39, 0.29) is 13.2 Å². The lowest BCUT2D eigenvalue weighted by atomic mass is 9.91. The molecular weight excluding hydrogens is 790 g/mol. The summed E-state index contributed by atoms with van der Waals surface area (Å²) >= 11 is 0. The Hall–Kier alpha value is 0.1000. The van der Waals surface area contributed by atoms with Crippen LogP contribution in [0.3, 0.4) is 0 Å². The summed E-state index contributed by atoms with van der Waals surface area (Å²) < 4.78 is 49.2. The van der Waals surface area contributed by atoms with Crippen LogP contribution in [0.1, 0.15) is 198 Å². The lowest BCUT2D eigenvalue weighted by molar-refractivity contribution is -0.231. The molecule has 11 nitrogen and oxygen atoms in total. The number of aliphatic hydroxyl groups is 1. The Morgan fingerprint density at radius 1 is 0.441 bits per heavy atom. The molecule has 0 fully saturated rings. The van der Waals surface area contributed by atoms with Crippen molar-refractivity contribution in [2.75, 3.05) is 39.6 Å². The van der Waals surface area contributed by atoms with E-state index in [1.165, 1.54) is 103 Å². The molecule has 0 aromatic rings. The van der Waals surface area contributed by atoms with Gasteiger partial charge in [0.1, 0.15) is 12.2 Å². The minimum absolute atomic E-state index is 0.160. The maximum Gasteiger partial charge on any atom is 0.268 e. The minimum Gasteiger partial charge on any atom is -0.756 e. The van der Waals surface area contributed by atoms with Crippen molar-refractivity contribution < 1.29 is 52.0 Å². The fourth-order valence-corrected chi connectivity index (χ4v) is 8.71. The molecular formula is C46H94O11P2-2. The summed E-state index contributed by atoms with van der Waals surface area (Å²) in [7, 11) is -9.94. The van der Waals surface area contributed by atoms with Crippen LogP contribution in [0.25, 0.3) is 0 Å². The number of phosphoric acid groups is 2. The number of hydrogen-bond donors (Lipinski definition) is 2.